The topological polar surface area (TPSA) is 54.5 Å². The van der Waals surface area contributed by atoms with Crippen LogP contribution in [0.5, 0.6) is 0 Å². The summed E-state index contributed by atoms with van der Waals surface area (Å²) in [5, 5.41) is 0. The number of unbranched alkanes of at least 4 members (excludes halogenated alkanes) is 3. The van der Waals surface area contributed by atoms with Crippen molar-refractivity contribution in [3.63, 3.8) is 0 Å². The van der Waals surface area contributed by atoms with E-state index in [1.165, 1.54) is 17.1 Å². The highest BCUT2D eigenvalue weighted by atomic mass is 16.2. The molecule has 0 saturated carbocycles. The van der Waals surface area contributed by atoms with Crippen molar-refractivity contribution in [2.45, 2.75) is 39.0 Å². The molecular formula is C12H17NO3. The van der Waals surface area contributed by atoms with Gasteiger partial charge in [0.05, 0.1) is 0 Å². The predicted molar refractivity (Wildman–Crippen MR) is 59.6 cm³/mol. The Bertz CT molecular complexity index is 302. The fourth-order valence-electron chi connectivity index (χ4n) is 1.65. The molecule has 88 valence electrons. The van der Waals surface area contributed by atoms with E-state index in [2.05, 4.69) is 0 Å². The molecular weight excluding hydrogens is 206 g/mol. The molecule has 2 amide bonds. The highest BCUT2D eigenvalue weighted by molar-refractivity contribution is 6.12. The summed E-state index contributed by atoms with van der Waals surface area (Å²) < 4.78 is 0. The molecule has 0 aromatic carbocycles. The Labute approximate surface area is 95.3 Å². The summed E-state index contributed by atoms with van der Waals surface area (Å²) in [5.74, 6) is -0.212. The summed E-state index contributed by atoms with van der Waals surface area (Å²) in [6.45, 7) is 2.08. The van der Waals surface area contributed by atoms with Crippen LogP contribution >= 0.6 is 0 Å². The maximum absolute atomic E-state index is 11.2. The number of carbonyl (C=O) groups is 3. The summed E-state index contributed by atoms with van der Waals surface area (Å²) in [4.78, 5) is 34.3. The van der Waals surface area contributed by atoms with Gasteiger partial charge in [-0.25, -0.2) is 0 Å². The Kier molecular flexibility index (Phi) is 4.89. The van der Waals surface area contributed by atoms with Crippen molar-refractivity contribution >= 4 is 17.6 Å². The molecule has 1 aliphatic rings. The van der Waals surface area contributed by atoms with Crippen LogP contribution in [-0.4, -0.2) is 29.0 Å². The van der Waals surface area contributed by atoms with Crippen molar-refractivity contribution < 1.29 is 14.4 Å². The monoisotopic (exact) mass is 223 g/mol. The largest absolute Gasteiger partial charge is 0.300 e. The van der Waals surface area contributed by atoms with E-state index in [0.29, 0.717) is 13.0 Å². The van der Waals surface area contributed by atoms with Gasteiger partial charge >= 0.3 is 0 Å². The van der Waals surface area contributed by atoms with Crippen molar-refractivity contribution in [3.8, 4) is 0 Å². The second kappa shape index (κ2) is 6.20. The van der Waals surface area contributed by atoms with Gasteiger partial charge in [0.15, 0.2) is 0 Å². The van der Waals surface area contributed by atoms with Gasteiger partial charge in [-0.1, -0.05) is 12.8 Å². The Morgan fingerprint density at radius 2 is 1.62 bits per heavy atom. The SMILES string of the molecule is CC(=O)CCCCCCN1C(=O)C=CC1=O. The van der Waals surface area contributed by atoms with Crippen LogP contribution in [0.1, 0.15) is 39.0 Å². The van der Waals surface area contributed by atoms with Gasteiger partial charge in [0.25, 0.3) is 11.8 Å². The molecule has 0 saturated heterocycles. The summed E-state index contributed by atoms with van der Waals surface area (Å²) in [6, 6.07) is 0. The van der Waals surface area contributed by atoms with Gasteiger partial charge in [-0.15, -0.1) is 0 Å². The highest BCUT2D eigenvalue weighted by Crippen LogP contribution is 2.08. The molecule has 4 heteroatoms. The maximum Gasteiger partial charge on any atom is 0.253 e. The molecule has 0 atom stereocenters. The predicted octanol–water partition coefficient (Wildman–Crippen LogP) is 1.45. The molecule has 0 aromatic heterocycles. The molecule has 0 unspecified atom stereocenters. The zero-order valence-electron chi connectivity index (χ0n) is 9.57. The van der Waals surface area contributed by atoms with Crippen molar-refractivity contribution in [3.05, 3.63) is 12.2 Å². The van der Waals surface area contributed by atoms with Crippen LogP contribution in [0.25, 0.3) is 0 Å². The summed E-state index contributed by atoms with van der Waals surface area (Å²) >= 11 is 0. The molecule has 16 heavy (non-hydrogen) atoms. The third-order valence-electron chi connectivity index (χ3n) is 2.56. The molecule has 0 N–H and O–H groups in total. The van der Waals surface area contributed by atoms with Crippen LogP contribution < -0.4 is 0 Å². The van der Waals surface area contributed by atoms with Gasteiger partial charge in [0.1, 0.15) is 5.78 Å². The van der Waals surface area contributed by atoms with E-state index in [-0.39, 0.29) is 17.6 Å². The van der Waals surface area contributed by atoms with Crippen molar-refractivity contribution in [2.24, 2.45) is 0 Å². The molecule has 1 heterocycles. The van der Waals surface area contributed by atoms with Gasteiger partial charge in [0, 0.05) is 25.1 Å². The molecule has 0 aromatic rings. The van der Waals surface area contributed by atoms with E-state index < -0.39 is 0 Å². The molecule has 1 rings (SSSR count). The smallest absolute Gasteiger partial charge is 0.253 e. The number of nitrogens with zero attached hydrogens (tertiary/aromatic N) is 1. The first-order chi connectivity index (χ1) is 7.61. The third-order valence-corrected chi connectivity index (χ3v) is 2.56. The highest BCUT2D eigenvalue weighted by Gasteiger charge is 2.21. The number of amides is 2. The van der Waals surface area contributed by atoms with Gasteiger partial charge in [-0.3, -0.25) is 14.5 Å². The lowest BCUT2D eigenvalue weighted by Crippen LogP contribution is -2.30. The quantitative estimate of drug-likeness (QED) is 0.485. The maximum atomic E-state index is 11.2. The fourth-order valence-corrected chi connectivity index (χ4v) is 1.65. The molecule has 1 aliphatic heterocycles. The average Bonchev–Trinajstić information content (AvgIpc) is 2.53. The average molecular weight is 223 g/mol. The zero-order chi connectivity index (χ0) is 12.0. The number of ketones is 1. The number of Topliss-reactive ketones (excluding diaryl/α,β-unsaturated/α-hetero) is 1. The normalized spacial score (nSPS) is 14.9. The Morgan fingerprint density at radius 1 is 1.06 bits per heavy atom. The molecule has 0 fully saturated rings. The standard InChI is InChI=1S/C12H17NO3/c1-10(14)6-4-2-3-5-9-13-11(15)7-8-12(13)16/h7-8H,2-6,9H2,1H3. The molecule has 0 radical (unpaired) electrons. The first-order valence-corrected chi connectivity index (χ1v) is 5.64. The number of hydrogen-bond donors (Lipinski definition) is 0. The van der Waals surface area contributed by atoms with Gasteiger partial charge in [-0.05, 0) is 19.8 Å². The number of imide groups is 1. The third kappa shape index (κ3) is 3.96. The first-order valence-electron chi connectivity index (χ1n) is 5.64. The second-order valence-electron chi connectivity index (χ2n) is 4.03. The minimum absolute atomic E-state index is 0.214. The van der Waals surface area contributed by atoms with Gasteiger partial charge in [0.2, 0.25) is 0 Å². The van der Waals surface area contributed by atoms with Crippen molar-refractivity contribution in [2.75, 3.05) is 6.54 Å². The van der Waals surface area contributed by atoms with Crippen molar-refractivity contribution in [1.29, 1.82) is 0 Å². The minimum atomic E-state index is -0.214. The number of hydrogen-bond acceptors (Lipinski definition) is 3. The van der Waals surface area contributed by atoms with Crippen LogP contribution in [0.3, 0.4) is 0 Å². The minimum Gasteiger partial charge on any atom is -0.300 e. The van der Waals surface area contributed by atoms with E-state index in [4.69, 9.17) is 0 Å². The summed E-state index contributed by atoms with van der Waals surface area (Å²) in [5.41, 5.74) is 0. The Balaban J connectivity index is 2.05. The van der Waals surface area contributed by atoms with Crippen LogP contribution in [0.2, 0.25) is 0 Å². The van der Waals surface area contributed by atoms with Crippen LogP contribution in [-0.2, 0) is 14.4 Å². The van der Waals surface area contributed by atoms with E-state index in [9.17, 15) is 14.4 Å². The molecule has 0 spiro atoms. The van der Waals surface area contributed by atoms with Crippen LogP contribution in [0, 0.1) is 0 Å². The van der Waals surface area contributed by atoms with E-state index in [1.54, 1.807) is 6.92 Å². The Hall–Kier alpha value is -1.45. The lowest BCUT2D eigenvalue weighted by atomic mass is 10.1. The van der Waals surface area contributed by atoms with Crippen LogP contribution in [0.4, 0.5) is 0 Å². The summed E-state index contributed by atoms with van der Waals surface area (Å²) in [6.07, 6.45) is 6.87. The van der Waals surface area contributed by atoms with E-state index in [1.807, 2.05) is 0 Å². The Morgan fingerprint density at radius 3 is 2.19 bits per heavy atom. The molecule has 0 bridgehead atoms. The number of rotatable bonds is 7. The summed E-state index contributed by atoms with van der Waals surface area (Å²) in [7, 11) is 0. The van der Waals surface area contributed by atoms with Gasteiger partial charge < -0.3 is 4.79 Å². The second-order valence-corrected chi connectivity index (χ2v) is 4.03. The lowest BCUT2D eigenvalue weighted by Gasteiger charge is -2.12. The number of carbonyl (C=O) groups excluding carboxylic acids is 3. The van der Waals surface area contributed by atoms with E-state index in [0.717, 1.165) is 25.7 Å². The lowest BCUT2D eigenvalue weighted by molar-refractivity contribution is -0.136. The van der Waals surface area contributed by atoms with E-state index >= 15 is 0 Å². The van der Waals surface area contributed by atoms with Gasteiger partial charge in [-0.2, -0.15) is 0 Å². The molecule has 0 aliphatic carbocycles. The molecule has 4 nitrogen and oxygen atoms in total. The van der Waals surface area contributed by atoms with Crippen LogP contribution in [0.15, 0.2) is 12.2 Å². The fraction of sp³-hybridized carbons (Fsp3) is 0.583. The van der Waals surface area contributed by atoms with Crippen molar-refractivity contribution in [1.82, 2.24) is 4.90 Å². The first kappa shape index (κ1) is 12.6. The zero-order valence-corrected chi connectivity index (χ0v) is 9.57.